The Hall–Kier alpha value is -3.35. The molecule has 7 heteroatoms. The van der Waals surface area contributed by atoms with Crippen LogP contribution in [0.1, 0.15) is 48.7 Å². The summed E-state index contributed by atoms with van der Waals surface area (Å²) in [5, 5.41) is 4.32. The number of nitrogens with one attached hydrogen (secondary N) is 1. The molecule has 3 aromatic rings. The van der Waals surface area contributed by atoms with Crippen LogP contribution in [0.4, 0.5) is 11.4 Å². The number of esters is 1. The second-order valence-corrected chi connectivity index (χ2v) is 11.4. The molecule has 0 unspecified atom stereocenters. The van der Waals surface area contributed by atoms with Gasteiger partial charge in [-0.15, -0.1) is 0 Å². The molecule has 0 bridgehead atoms. The number of carbonyl (C=O) groups is 2. The van der Waals surface area contributed by atoms with Gasteiger partial charge in [0.15, 0.2) is 0 Å². The van der Waals surface area contributed by atoms with E-state index in [1.807, 2.05) is 53.4 Å². The molecule has 0 radical (unpaired) electrons. The summed E-state index contributed by atoms with van der Waals surface area (Å²) in [6.45, 7) is 5.02. The summed E-state index contributed by atoms with van der Waals surface area (Å²) in [6, 6.07) is 21.3. The molecule has 0 fully saturated rings. The van der Waals surface area contributed by atoms with E-state index in [-0.39, 0.29) is 24.0 Å². The summed E-state index contributed by atoms with van der Waals surface area (Å²) in [5.41, 5.74) is 5.35. The average molecular weight is 535 g/mol. The SMILES string of the molecule is CC(=O)N1c2c(-c3ccc(C(=O)OCCC[N+](C)(C)C)cc3)cccc2[C@H](Nc2ccc(Cl)cc2)C[C@@H]1C. The van der Waals surface area contributed by atoms with Crippen LogP contribution in [0, 0.1) is 0 Å². The second-order valence-electron chi connectivity index (χ2n) is 11.0. The molecular formula is C31H37ClN3O3+. The molecule has 6 nitrogen and oxygen atoms in total. The van der Waals surface area contributed by atoms with Crippen molar-refractivity contribution in [1.82, 2.24) is 0 Å². The third kappa shape index (κ3) is 6.55. The Kier molecular flexibility index (Phi) is 8.44. The first-order valence-corrected chi connectivity index (χ1v) is 13.4. The highest BCUT2D eigenvalue weighted by molar-refractivity contribution is 6.30. The first kappa shape index (κ1) is 27.7. The van der Waals surface area contributed by atoms with Gasteiger partial charge in [0.2, 0.25) is 5.91 Å². The normalized spacial score (nSPS) is 17.1. The molecular weight excluding hydrogens is 498 g/mol. The first-order chi connectivity index (χ1) is 18.0. The predicted molar refractivity (Wildman–Crippen MR) is 155 cm³/mol. The third-order valence-corrected chi connectivity index (χ3v) is 7.12. The molecule has 1 amide bonds. The Morgan fingerprint density at radius 1 is 1.03 bits per heavy atom. The van der Waals surface area contributed by atoms with Gasteiger partial charge in [0.05, 0.1) is 51.6 Å². The van der Waals surface area contributed by atoms with Crippen LogP contribution in [0.15, 0.2) is 66.7 Å². The minimum atomic E-state index is -0.320. The highest BCUT2D eigenvalue weighted by atomic mass is 35.5. The zero-order valence-corrected chi connectivity index (χ0v) is 23.6. The topological polar surface area (TPSA) is 58.6 Å². The van der Waals surface area contributed by atoms with Crippen LogP contribution in [0.2, 0.25) is 5.02 Å². The molecule has 2 atom stereocenters. The van der Waals surface area contributed by atoms with Gasteiger partial charge in [0, 0.05) is 35.7 Å². The molecule has 1 aliphatic heterocycles. The molecule has 1 aliphatic rings. The van der Waals surface area contributed by atoms with Gasteiger partial charge < -0.3 is 19.4 Å². The number of amides is 1. The number of anilines is 2. The van der Waals surface area contributed by atoms with Gasteiger partial charge in [0.1, 0.15) is 0 Å². The van der Waals surface area contributed by atoms with Crippen molar-refractivity contribution in [2.45, 2.75) is 38.8 Å². The Morgan fingerprint density at radius 3 is 2.34 bits per heavy atom. The molecule has 0 aliphatic carbocycles. The Bertz CT molecular complexity index is 1280. The van der Waals surface area contributed by atoms with Gasteiger partial charge in [-0.05, 0) is 60.9 Å². The van der Waals surface area contributed by atoms with Crippen molar-refractivity contribution < 1.29 is 18.8 Å². The largest absolute Gasteiger partial charge is 0.462 e. The molecule has 0 saturated heterocycles. The standard InChI is InChI=1S/C31H37ClN3O3/c1-21-20-29(33-26-16-14-25(32)15-17-26)28-9-6-8-27(30(28)34(21)22(2)36)23-10-12-24(13-11-23)31(37)38-19-7-18-35(3,4)5/h6,8-17,21,29,33H,7,18-20H2,1-5H3/q+1/t21-,29+/m0/s1. The van der Waals surface area contributed by atoms with E-state index in [1.54, 1.807) is 19.1 Å². The van der Waals surface area contributed by atoms with Crippen molar-refractivity contribution in [2.75, 3.05) is 44.5 Å². The number of quaternary nitrogens is 1. The minimum Gasteiger partial charge on any atom is -0.462 e. The van der Waals surface area contributed by atoms with Crippen molar-refractivity contribution >= 4 is 34.9 Å². The maximum absolute atomic E-state index is 12.8. The number of carbonyl (C=O) groups excluding carboxylic acids is 2. The Morgan fingerprint density at radius 2 is 1.71 bits per heavy atom. The van der Waals surface area contributed by atoms with Gasteiger partial charge in [-0.2, -0.15) is 0 Å². The summed E-state index contributed by atoms with van der Waals surface area (Å²) in [4.78, 5) is 27.3. The van der Waals surface area contributed by atoms with Crippen molar-refractivity contribution in [3.05, 3.63) is 82.9 Å². The molecule has 38 heavy (non-hydrogen) atoms. The maximum Gasteiger partial charge on any atom is 0.338 e. The van der Waals surface area contributed by atoms with Gasteiger partial charge in [-0.1, -0.05) is 41.9 Å². The second kappa shape index (κ2) is 11.6. The summed E-state index contributed by atoms with van der Waals surface area (Å²) in [6.07, 6.45) is 1.59. The smallest absolute Gasteiger partial charge is 0.338 e. The van der Waals surface area contributed by atoms with Crippen LogP contribution in [0.25, 0.3) is 11.1 Å². The van der Waals surface area contributed by atoms with Crippen LogP contribution < -0.4 is 10.2 Å². The number of ether oxygens (including phenoxy) is 1. The number of hydrogen-bond donors (Lipinski definition) is 1. The Labute approximate surface area is 230 Å². The zero-order valence-electron chi connectivity index (χ0n) is 22.8. The number of halogens is 1. The minimum absolute atomic E-state index is 0.00483. The van der Waals surface area contributed by atoms with Crippen LogP contribution in [0.5, 0.6) is 0 Å². The Balaban J connectivity index is 1.60. The van der Waals surface area contributed by atoms with E-state index in [0.717, 1.165) is 51.9 Å². The number of hydrogen-bond acceptors (Lipinski definition) is 4. The molecule has 1 heterocycles. The zero-order chi connectivity index (χ0) is 27.4. The van der Waals surface area contributed by atoms with Crippen LogP contribution in [0.3, 0.4) is 0 Å². The van der Waals surface area contributed by atoms with E-state index in [1.165, 1.54) is 0 Å². The molecule has 200 valence electrons. The van der Waals surface area contributed by atoms with E-state index < -0.39 is 0 Å². The number of nitrogens with zero attached hydrogens (tertiary/aromatic N) is 2. The fourth-order valence-corrected chi connectivity index (χ4v) is 5.19. The molecule has 0 saturated carbocycles. The highest BCUT2D eigenvalue weighted by Gasteiger charge is 2.34. The average Bonchev–Trinajstić information content (AvgIpc) is 2.87. The van der Waals surface area contributed by atoms with Gasteiger partial charge in [-0.3, -0.25) is 4.79 Å². The van der Waals surface area contributed by atoms with Gasteiger partial charge in [0.25, 0.3) is 0 Å². The highest BCUT2D eigenvalue weighted by Crippen LogP contribution is 2.44. The fourth-order valence-electron chi connectivity index (χ4n) is 5.06. The summed E-state index contributed by atoms with van der Waals surface area (Å²) < 4.78 is 6.31. The van der Waals surface area contributed by atoms with E-state index in [4.69, 9.17) is 16.3 Å². The van der Waals surface area contributed by atoms with Gasteiger partial charge in [-0.25, -0.2) is 4.79 Å². The third-order valence-electron chi connectivity index (χ3n) is 6.86. The maximum atomic E-state index is 12.8. The van der Waals surface area contributed by atoms with E-state index in [0.29, 0.717) is 17.2 Å². The van der Waals surface area contributed by atoms with Crippen LogP contribution in [-0.4, -0.2) is 56.7 Å². The summed E-state index contributed by atoms with van der Waals surface area (Å²) >= 11 is 6.08. The lowest BCUT2D eigenvalue weighted by molar-refractivity contribution is -0.870. The molecule has 4 rings (SSSR count). The number of fused-ring (bicyclic) bond motifs is 1. The van der Waals surface area contributed by atoms with Crippen molar-refractivity contribution in [2.24, 2.45) is 0 Å². The summed E-state index contributed by atoms with van der Waals surface area (Å²) in [7, 11) is 6.35. The van der Waals surface area contributed by atoms with E-state index in [9.17, 15) is 9.59 Å². The lowest BCUT2D eigenvalue weighted by Gasteiger charge is -2.41. The van der Waals surface area contributed by atoms with Crippen LogP contribution >= 0.6 is 11.6 Å². The van der Waals surface area contributed by atoms with E-state index in [2.05, 4.69) is 39.4 Å². The van der Waals surface area contributed by atoms with Crippen molar-refractivity contribution in [3.8, 4) is 11.1 Å². The fraction of sp³-hybridized carbons (Fsp3) is 0.355. The number of para-hydroxylation sites is 1. The monoisotopic (exact) mass is 534 g/mol. The van der Waals surface area contributed by atoms with Gasteiger partial charge >= 0.3 is 5.97 Å². The van der Waals surface area contributed by atoms with Crippen molar-refractivity contribution in [1.29, 1.82) is 0 Å². The van der Waals surface area contributed by atoms with E-state index >= 15 is 0 Å². The summed E-state index contributed by atoms with van der Waals surface area (Å²) in [5.74, 6) is -0.315. The predicted octanol–water partition coefficient (Wildman–Crippen LogP) is 6.56. The van der Waals surface area contributed by atoms with Crippen molar-refractivity contribution in [3.63, 3.8) is 0 Å². The molecule has 0 spiro atoms. The van der Waals surface area contributed by atoms with Crippen LogP contribution in [-0.2, 0) is 9.53 Å². The molecule has 0 aromatic heterocycles. The first-order valence-electron chi connectivity index (χ1n) is 13.1. The lowest BCUT2D eigenvalue weighted by Crippen LogP contribution is -2.43. The number of benzene rings is 3. The quantitative estimate of drug-likeness (QED) is 0.202. The molecule has 3 aromatic carbocycles. The molecule has 1 N–H and O–H groups in total. The number of rotatable bonds is 8. The lowest BCUT2D eigenvalue weighted by atomic mass is 9.87.